The molecule has 0 aliphatic rings. The molecule has 0 aliphatic heterocycles. The molecule has 25 heavy (non-hydrogen) atoms. The minimum atomic E-state index is -0.623. The molecule has 5 nitrogen and oxygen atoms in total. The van der Waals surface area contributed by atoms with E-state index >= 15 is 0 Å². The van der Waals surface area contributed by atoms with Crippen LogP contribution in [0.25, 0.3) is 0 Å². The first kappa shape index (κ1) is 18.5. The van der Waals surface area contributed by atoms with Crippen LogP contribution in [0.15, 0.2) is 54.2 Å². The number of carbonyl (C=O) groups excluding carboxylic acids is 2. The minimum Gasteiger partial charge on any atom is -0.360 e. The maximum atomic E-state index is 12.2. The third-order valence-electron chi connectivity index (χ3n) is 3.20. The lowest BCUT2D eigenvalue weighted by Crippen LogP contribution is -2.14. The van der Waals surface area contributed by atoms with Crippen LogP contribution in [-0.4, -0.2) is 11.7 Å². The zero-order valence-corrected chi connectivity index (χ0v) is 14.7. The Morgan fingerprint density at radius 1 is 1.16 bits per heavy atom. The standard InChI is InChI=1S/C18H13Cl2N3O2/c1-11(24)12-3-2-4-15(7-12)22-10-13(9-21)18(25)23-17-6-5-14(19)8-16(17)20/h2-8,10,22H,1H3,(H,23,25)/b13-10-. The molecule has 0 fully saturated rings. The van der Waals surface area contributed by atoms with E-state index in [4.69, 9.17) is 23.2 Å². The lowest BCUT2D eigenvalue weighted by molar-refractivity contribution is -0.112. The van der Waals surface area contributed by atoms with Crippen LogP contribution in [0.4, 0.5) is 11.4 Å². The van der Waals surface area contributed by atoms with Crippen LogP contribution in [0.2, 0.25) is 10.0 Å². The van der Waals surface area contributed by atoms with Crippen LogP contribution in [-0.2, 0) is 4.79 Å². The summed E-state index contributed by atoms with van der Waals surface area (Å²) in [5, 5.41) is 15.3. The summed E-state index contributed by atoms with van der Waals surface area (Å²) < 4.78 is 0. The molecule has 0 spiro atoms. The van der Waals surface area contributed by atoms with Gasteiger partial charge in [0.25, 0.3) is 5.91 Å². The van der Waals surface area contributed by atoms with Crippen molar-refractivity contribution in [3.63, 3.8) is 0 Å². The van der Waals surface area contributed by atoms with Crippen molar-refractivity contribution in [3.05, 3.63) is 69.8 Å². The summed E-state index contributed by atoms with van der Waals surface area (Å²) in [4.78, 5) is 23.6. The summed E-state index contributed by atoms with van der Waals surface area (Å²) in [5.41, 5.74) is 1.29. The summed E-state index contributed by atoms with van der Waals surface area (Å²) in [6.07, 6.45) is 1.26. The number of nitrogens with one attached hydrogen (secondary N) is 2. The molecule has 2 N–H and O–H groups in total. The van der Waals surface area contributed by atoms with Crippen LogP contribution < -0.4 is 10.6 Å². The molecule has 2 rings (SSSR count). The molecular formula is C18H13Cl2N3O2. The molecule has 0 bridgehead atoms. The van der Waals surface area contributed by atoms with Gasteiger partial charge in [0.2, 0.25) is 0 Å². The lowest BCUT2D eigenvalue weighted by atomic mass is 10.1. The Morgan fingerprint density at radius 3 is 2.56 bits per heavy atom. The third kappa shape index (κ3) is 5.08. The summed E-state index contributed by atoms with van der Waals surface area (Å²) >= 11 is 11.8. The van der Waals surface area contributed by atoms with E-state index in [1.807, 2.05) is 6.07 Å². The van der Waals surface area contributed by atoms with Crippen molar-refractivity contribution in [1.29, 1.82) is 5.26 Å². The number of ketones is 1. The first-order valence-corrected chi connectivity index (χ1v) is 7.90. The van der Waals surface area contributed by atoms with E-state index in [0.29, 0.717) is 22.0 Å². The van der Waals surface area contributed by atoms with Crippen molar-refractivity contribution in [2.24, 2.45) is 0 Å². The van der Waals surface area contributed by atoms with Crippen LogP contribution in [0.1, 0.15) is 17.3 Å². The van der Waals surface area contributed by atoms with E-state index < -0.39 is 5.91 Å². The van der Waals surface area contributed by atoms with E-state index in [0.717, 1.165) is 0 Å². The highest BCUT2D eigenvalue weighted by Gasteiger charge is 2.11. The zero-order valence-electron chi connectivity index (χ0n) is 13.1. The van der Waals surface area contributed by atoms with Gasteiger partial charge in [-0.05, 0) is 37.3 Å². The van der Waals surface area contributed by atoms with Crippen molar-refractivity contribution in [3.8, 4) is 6.07 Å². The van der Waals surface area contributed by atoms with Crippen molar-refractivity contribution < 1.29 is 9.59 Å². The topological polar surface area (TPSA) is 82.0 Å². The average Bonchev–Trinajstić information content (AvgIpc) is 2.58. The Bertz CT molecular complexity index is 901. The number of benzene rings is 2. The highest BCUT2D eigenvalue weighted by molar-refractivity contribution is 6.36. The lowest BCUT2D eigenvalue weighted by Gasteiger charge is -2.07. The second-order valence-corrected chi connectivity index (χ2v) is 5.87. The number of rotatable bonds is 5. The maximum Gasteiger partial charge on any atom is 0.267 e. The van der Waals surface area contributed by atoms with Crippen LogP contribution in [0.3, 0.4) is 0 Å². The minimum absolute atomic E-state index is 0.0803. The molecular weight excluding hydrogens is 361 g/mol. The first-order chi connectivity index (χ1) is 11.9. The van der Waals surface area contributed by atoms with Crippen molar-refractivity contribution in [1.82, 2.24) is 0 Å². The number of hydrogen-bond acceptors (Lipinski definition) is 4. The summed E-state index contributed by atoms with van der Waals surface area (Å²) in [5.74, 6) is -0.704. The Balaban J connectivity index is 2.14. The number of hydrogen-bond donors (Lipinski definition) is 2. The molecule has 7 heteroatoms. The molecule has 0 saturated heterocycles. The molecule has 0 unspecified atom stereocenters. The van der Waals surface area contributed by atoms with Crippen molar-refractivity contribution >= 4 is 46.3 Å². The number of nitriles is 1. The van der Waals surface area contributed by atoms with Gasteiger partial charge in [0.15, 0.2) is 5.78 Å². The molecule has 0 atom stereocenters. The van der Waals surface area contributed by atoms with Gasteiger partial charge in [0.05, 0.1) is 10.7 Å². The van der Waals surface area contributed by atoms with Crippen molar-refractivity contribution in [2.75, 3.05) is 10.6 Å². The van der Waals surface area contributed by atoms with Gasteiger partial charge in [-0.15, -0.1) is 0 Å². The number of Topliss-reactive ketones (excluding diaryl/α,β-unsaturated/α-hetero) is 1. The fraction of sp³-hybridized carbons (Fsp3) is 0.0556. The molecule has 2 aromatic carbocycles. The summed E-state index contributed by atoms with van der Waals surface area (Å²) in [7, 11) is 0. The van der Waals surface area contributed by atoms with Gasteiger partial charge in [0.1, 0.15) is 11.6 Å². The average molecular weight is 374 g/mol. The fourth-order valence-electron chi connectivity index (χ4n) is 1.91. The molecule has 0 aliphatic carbocycles. The van der Waals surface area contributed by atoms with Gasteiger partial charge in [0, 0.05) is 22.5 Å². The highest BCUT2D eigenvalue weighted by Crippen LogP contribution is 2.25. The second-order valence-electron chi connectivity index (χ2n) is 5.03. The van der Waals surface area contributed by atoms with Crippen LogP contribution in [0.5, 0.6) is 0 Å². The van der Waals surface area contributed by atoms with Gasteiger partial charge >= 0.3 is 0 Å². The molecule has 0 heterocycles. The number of anilines is 2. The number of nitrogens with zero attached hydrogens (tertiary/aromatic N) is 1. The Morgan fingerprint density at radius 2 is 1.92 bits per heavy atom. The Labute approximate surface area is 154 Å². The molecule has 126 valence electrons. The SMILES string of the molecule is CC(=O)c1cccc(N/C=C(/C#N)C(=O)Nc2ccc(Cl)cc2Cl)c1. The quantitative estimate of drug-likeness (QED) is 0.453. The monoisotopic (exact) mass is 373 g/mol. The largest absolute Gasteiger partial charge is 0.360 e. The van der Waals surface area contributed by atoms with Gasteiger partial charge in [-0.1, -0.05) is 35.3 Å². The Kier molecular flexibility index (Phi) is 6.18. The van der Waals surface area contributed by atoms with Crippen LogP contribution >= 0.6 is 23.2 Å². The van der Waals surface area contributed by atoms with E-state index in [9.17, 15) is 14.9 Å². The van der Waals surface area contributed by atoms with E-state index in [2.05, 4.69) is 10.6 Å². The predicted octanol–water partition coefficient (Wildman–Crippen LogP) is 4.65. The van der Waals surface area contributed by atoms with Gasteiger partial charge in [-0.25, -0.2) is 0 Å². The van der Waals surface area contributed by atoms with Gasteiger partial charge < -0.3 is 10.6 Å². The van der Waals surface area contributed by atoms with Gasteiger partial charge in [-0.2, -0.15) is 5.26 Å². The van der Waals surface area contributed by atoms with E-state index in [-0.39, 0.29) is 16.4 Å². The number of carbonyl (C=O) groups is 2. The summed E-state index contributed by atoms with van der Waals surface area (Å²) in [6.45, 7) is 1.46. The van der Waals surface area contributed by atoms with E-state index in [1.165, 1.54) is 19.2 Å². The van der Waals surface area contributed by atoms with Crippen LogP contribution in [0, 0.1) is 11.3 Å². The normalized spacial score (nSPS) is 10.7. The smallest absolute Gasteiger partial charge is 0.267 e. The fourth-order valence-corrected chi connectivity index (χ4v) is 2.37. The van der Waals surface area contributed by atoms with Crippen molar-refractivity contribution in [2.45, 2.75) is 6.92 Å². The third-order valence-corrected chi connectivity index (χ3v) is 3.74. The molecule has 0 radical (unpaired) electrons. The zero-order chi connectivity index (χ0) is 18.4. The van der Waals surface area contributed by atoms with E-state index in [1.54, 1.807) is 36.4 Å². The number of amides is 1. The van der Waals surface area contributed by atoms with Gasteiger partial charge in [-0.3, -0.25) is 9.59 Å². The first-order valence-electron chi connectivity index (χ1n) is 7.15. The Hall–Kier alpha value is -2.81. The maximum absolute atomic E-state index is 12.2. The number of halogens is 2. The molecule has 1 amide bonds. The summed E-state index contributed by atoms with van der Waals surface area (Å²) in [6, 6.07) is 13.1. The molecule has 0 aromatic heterocycles. The highest BCUT2D eigenvalue weighted by atomic mass is 35.5. The molecule has 0 saturated carbocycles. The molecule has 2 aromatic rings. The predicted molar refractivity (Wildman–Crippen MR) is 98.9 cm³/mol. The second kappa shape index (κ2) is 8.34.